The van der Waals surface area contributed by atoms with Gasteiger partial charge in [0.25, 0.3) is 0 Å². The first kappa shape index (κ1) is 14.7. The lowest BCUT2D eigenvalue weighted by atomic mass is 9.86. The van der Waals surface area contributed by atoms with Crippen molar-refractivity contribution in [3.63, 3.8) is 0 Å². The van der Waals surface area contributed by atoms with Crippen molar-refractivity contribution in [1.29, 1.82) is 0 Å². The van der Waals surface area contributed by atoms with Gasteiger partial charge in [0.2, 0.25) is 5.91 Å². The number of amides is 1. The molecule has 3 N–H and O–H groups in total. The summed E-state index contributed by atoms with van der Waals surface area (Å²) >= 11 is 0. The Hall–Kier alpha value is -1.35. The number of nitrogens with two attached hydrogens (primary N) is 1. The Morgan fingerprint density at radius 3 is 2.33 bits per heavy atom. The fraction of sp³-hybridized carbons (Fsp3) is 0.533. The molecule has 0 saturated carbocycles. The lowest BCUT2D eigenvalue weighted by molar-refractivity contribution is -0.125. The summed E-state index contributed by atoms with van der Waals surface area (Å²) in [4.78, 5) is 12.0. The van der Waals surface area contributed by atoms with E-state index in [1.807, 2.05) is 58.9 Å². The van der Waals surface area contributed by atoms with Crippen molar-refractivity contribution in [2.24, 2.45) is 11.1 Å². The van der Waals surface area contributed by atoms with Gasteiger partial charge in [0, 0.05) is 0 Å². The summed E-state index contributed by atoms with van der Waals surface area (Å²) in [5, 5.41) is 2.98. The van der Waals surface area contributed by atoms with Gasteiger partial charge in [-0.25, -0.2) is 0 Å². The van der Waals surface area contributed by atoms with Crippen molar-refractivity contribution >= 4 is 5.91 Å². The second-order valence-corrected chi connectivity index (χ2v) is 5.93. The Kier molecular flexibility index (Phi) is 4.52. The number of carbonyl (C=O) groups excluding carboxylic acids is 1. The van der Waals surface area contributed by atoms with Crippen molar-refractivity contribution in [3.05, 3.63) is 35.4 Å². The molecule has 0 aromatic heterocycles. The van der Waals surface area contributed by atoms with Gasteiger partial charge < -0.3 is 11.1 Å². The quantitative estimate of drug-likeness (QED) is 0.863. The number of hydrogen-bond acceptors (Lipinski definition) is 2. The Balaban J connectivity index is 2.75. The molecule has 0 unspecified atom stereocenters. The van der Waals surface area contributed by atoms with Gasteiger partial charge in [-0.3, -0.25) is 4.79 Å². The molecule has 0 fully saturated rings. The second kappa shape index (κ2) is 5.53. The van der Waals surface area contributed by atoms with Gasteiger partial charge in [-0.15, -0.1) is 0 Å². The van der Waals surface area contributed by atoms with Crippen LogP contribution in [0.4, 0.5) is 0 Å². The van der Waals surface area contributed by atoms with Crippen molar-refractivity contribution in [1.82, 2.24) is 5.32 Å². The average Bonchev–Trinajstić information content (AvgIpc) is 2.27. The first-order valence-corrected chi connectivity index (χ1v) is 6.35. The summed E-state index contributed by atoms with van der Waals surface area (Å²) in [6.45, 7) is 9.93. The molecule has 0 bridgehead atoms. The molecule has 1 aromatic carbocycles. The van der Waals surface area contributed by atoms with E-state index in [1.54, 1.807) is 0 Å². The van der Waals surface area contributed by atoms with E-state index < -0.39 is 6.04 Å². The number of rotatable bonds is 3. The monoisotopic (exact) mass is 248 g/mol. The third kappa shape index (κ3) is 3.57. The summed E-state index contributed by atoms with van der Waals surface area (Å²) in [6.07, 6.45) is 0. The van der Waals surface area contributed by atoms with Crippen LogP contribution < -0.4 is 11.1 Å². The molecular weight excluding hydrogens is 224 g/mol. The number of nitrogens with one attached hydrogen (secondary N) is 1. The van der Waals surface area contributed by atoms with E-state index in [9.17, 15) is 4.79 Å². The molecule has 2 atom stereocenters. The van der Waals surface area contributed by atoms with Crippen LogP contribution in [0.5, 0.6) is 0 Å². The smallest absolute Gasteiger partial charge is 0.237 e. The summed E-state index contributed by atoms with van der Waals surface area (Å²) in [6, 6.07) is 7.53. The molecule has 0 heterocycles. The third-order valence-corrected chi connectivity index (χ3v) is 3.23. The summed E-state index contributed by atoms with van der Waals surface area (Å²) < 4.78 is 0. The standard InChI is InChI=1S/C15H24N2O/c1-10-8-6-7-9-12(10)11(2)17-14(18)13(16)15(3,4)5/h6-9,11,13H,16H2,1-5H3,(H,17,18)/t11-,13+/m0/s1. The van der Waals surface area contributed by atoms with Gasteiger partial charge in [0.05, 0.1) is 12.1 Å². The molecule has 1 aromatic rings. The molecule has 0 aliphatic carbocycles. The largest absolute Gasteiger partial charge is 0.348 e. The van der Waals surface area contributed by atoms with Crippen molar-refractivity contribution in [2.45, 2.75) is 46.7 Å². The Morgan fingerprint density at radius 1 is 1.28 bits per heavy atom. The highest BCUT2D eigenvalue weighted by atomic mass is 16.2. The van der Waals surface area contributed by atoms with E-state index in [2.05, 4.69) is 5.32 Å². The lowest BCUT2D eigenvalue weighted by Crippen LogP contribution is -2.49. The minimum absolute atomic E-state index is 0.0212. The maximum absolute atomic E-state index is 12.0. The second-order valence-electron chi connectivity index (χ2n) is 5.93. The molecule has 0 spiro atoms. The SMILES string of the molecule is Cc1ccccc1[C@H](C)NC(=O)[C@@H](N)C(C)(C)C. The molecular formula is C15H24N2O. The topological polar surface area (TPSA) is 55.1 Å². The first-order valence-electron chi connectivity index (χ1n) is 6.35. The van der Waals surface area contributed by atoms with Gasteiger partial charge >= 0.3 is 0 Å². The van der Waals surface area contributed by atoms with E-state index in [0.717, 1.165) is 5.56 Å². The fourth-order valence-corrected chi connectivity index (χ4v) is 1.85. The maximum Gasteiger partial charge on any atom is 0.237 e. The fourth-order valence-electron chi connectivity index (χ4n) is 1.85. The summed E-state index contributed by atoms with van der Waals surface area (Å²) in [5.74, 6) is -0.0988. The highest BCUT2D eigenvalue weighted by Crippen LogP contribution is 2.20. The lowest BCUT2D eigenvalue weighted by Gasteiger charge is -2.27. The summed E-state index contributed by atoms with van der Waals surface area (Å²) in [5.41, 5.74) is 8.03. The van der Waals surface area contributed by atoms with E-state index in [1.165, 1.54) is 5.56 Å². The van der Waals surface area contributed by atoms with Gasteiger partial charge in [0.15, 0.2) is 0 Å². The Labute approximate surface area is 110 Å². The van der Waals surface area contributed by atoms with Crippen molar-refractivity contribution in [3.8, 4) is 0 Å². The molecule has 100 valence electrons. The minimum atomic E-state index is -0.496. The number of carbonyl (C=O) groups is 1. The van der Waals surface area contributed by atoms with Crippen LogP contribution in [-0.2, 0) is 4.79 Å². The van der Waals surface area contributed by atoms with Crippen LogP contribution in [0.1, 0.15) is 44.9 Å². The first-order chi connectivity index (χ1) is 8.23. The number of aryl methyl sites for hydroxylation is 1. The predicted octanol–water partition coefficient (Wildman–Crippen LogP) is 2.55. The zero-order valence-electron chi connectivity index (χ0n) is 11.9. The van der Waals surface area contributed by atoms with Crippen LogP contribution in [0.2, 0.25) is 0 Å². The van der Waals surface area contributed by atoms with Crippen LogP contribution in [0, 0.1) is 12.3 Å². The Morgan fingerprint density at radius 2 is 1.83 bits per heavy atom. The van der Waals surface area contributed by atoms with Gasteiger partial charge in [-0.1, -0.05) is 45.0 Å². The molecule has 18 heavy (non-hydrogen) atoms. The molecule has 1 amide bonds. The van der Waals surface area contributed by atoms with Gasteiger partial charge in [-0.2, -0.15) is 0 Å². The van der Waals surface area contributed by atoms with E-state index in [4.69, 9.17) is 5.73 Å². The highest BCUT2D eigenvalue weighted by Gasteiger charge is 2.28. The molecule has 0 aliphatic rings. The normalized spacial score (nSPS) is 15.0. The van der Waals surface area contributed by atoms with Crippen LogP contribution >= 0.6 is 0 Å². The van der Waals surface area contributed by atoms with Gasteiger partial charge in [-0.05, 0) is 30.4 Å². The van der Waals surface area contributed by atoms with E-state index >= 15 is 0 Å². The van der Waals surface area contributed by atoms with Crippen LogP contribution in [0.15, 0.2) is 24.3 Å². The number of hydrogen-bond donors (Lipinski definition) is 2. The van der Waals surface area contributed by atoms with Crippen molar-refractivity contribution < 1.29 is 4.79 Å². The van der Waals surface area contributed by atoms with Crippen LogP contribution in [0.3, 0.4) is 0 Å². The molecule has 0 saturated heterocycles. The van der Waals surface area contributed by atoms with E-state index in [0.29, 0.717) is 0 Å². The predicted molar refractivity (Wildman–Crippen MR) is 75.2 cm³/mol. The van der Waals surface area contributed by atoms with Gasteiger partial charge in [0.1, 0.15) is 0 Å². The summed E-state index contributed by atoms with van der Waals surface area (Å²) in [7, 11) is 0. The molecule has 0 aliphatic heterocycles. The van der Waals surface area contributed by atoms with Crippen LogP contribution in [0.25, 0.3) is 0 Å². The third-order valence-electron chi connectivity index (χ3n) is 3.23. The molecule has 3 nitrogen and oxygen atoms in total. The zero-order chi connectivity index (χ0) is 13.9. The van der Waals surface area contributed by atoms with Crippen molar-refractivity contribution in [2.75, 3.05) is 0 Å². The molecule has 1 rings (SSSR count). The highest BCUT2D eigenvalue weighted by molar-refractivity contribution is 5.82. The van der Waals surface area contributed by atoms with Crippen LogP contribution in [-0.4, -0.2) is 11.9 Å². The van der Waals surface area contributed by atoms with E-state index in [-0.39, 0.29) is 17.4 Å². The zero-order valence-corrected chi connectivity index (χ0v) is 11.9. The minimum Gasteiger partial charge on any atom is -0.348 e. The average molecular weight is 248 g/mol. The molecule has 0 radical (unpaired) electrons. The maximum atomic E-state index is 12.0. The molecule has 3 heteroatoms. The Bertz CT molecular complexity index is 421. The number of benzene rings is 1.